The fraction of sp³-hybridized carbons (Fsp3) is 0.308. The summed E-state index contributed by atoms with van der Waals surface area (Å²) in [6.45, 7) is 2.10. The van der Waals surface area contributed by atoms with Crippen molar-refractivity contribution in [2.45, 2.75) is 24.1 Å². The van der Waals surface area contributed by atoms with E-state index in [0.29, 0.717) is 5.13 Å². The highest BCUT2D eigenvalue weighted by Crippen LogP contribution is 2.25. The predicted molar refractivity (Wildman–Crippen MR) is 79.7 cm³/mol. The molecule has 0 saturated heterocycles. The Balaban J connectivity index is 1.87. The molecule has 0 aliphatic heterocycles. The monoisotopic (exact) mass is 311 g/mol. The van der Waals surface area contributed by atoms with Crippen LogP contribution in [0.1, 0.15) is 18.9 Å². The van der Waals surface area contributed by atoms with Crippen molar-refractivity contribution in [3.8, 4) is 0 Å². The SMILES string of the molecule is CCCSc1nnc(NC(=O)Cc2ccc(F)cc2)s1. The Morgan fingerprint density at radius 2 is 2.10 bits per heavy atom. The number of aromatic nitrogens is 2. The lowest BCUT2D eigenvalue weighted by Crippen LogP contribution is -2.14. The zero-order chi connectivity index (χ0) is 14.4. The third kappa shape index (κ3) is 4.57. The summed E-state index contributed by atoms with van der Waals surface area (Å²) in [4.78, 5) is 11.8. The molecule has 1 aromatic carbocycles. The van der Waals surface area contributed by atoms with Crippen LogP contribution in [0, 0.1) is 5.82 Å². The van der Waals surface area contributed by atoms with Gasteiger partial charge in [-0.15, -0.1) is 10.2 Å². The molecule has 0 saturated carbocycles. The van der Waals surface area contributed by atoms with Gasteiger partial charge in [0.25, 0.3) is 0 Å². The summed E-state index contributed by atoms with van der Waals surface area (Å²) in [5.41, 5.74) is 0.758. The van der Waals surface area contributed by atoms with Crippen LogP contribution in [-0.2, 0) is 11.2 Å². The normalized spacial score (nSPS) is 10.5. The molecule has 2 rings (SSSR count). The van der Waals surface area contributed by atoms with E-state index < -0.39 is 0 Å². The number of nitrogens with zero attached hydrogens (tertiary/aromatic N) is 2. The molecule has 1 aromatic heterocycles. The predicted octanol–water partition coefficient (Wildman–Crippen LogP) is 3.36. The Morgan fingerprint density at radius 3 is 2.80 bits per heavy atom. The zero-order valence-electron chi connectivity index (χ0n) is 10.9. The number of carbonyl (C=O) groups excluding carboxylic acids is 1. The third-order valence-corrected chi connectivity index (χ3v) is 4.54. The molecule has 106 valence electrons. The number of anilines is 1. The highest BCUT2D eigenvalue weighted by Gasteiger charge is 2.09. The van der Waals surface area contributed by atoms with Crippen molar-refractivity contribution in [2.24, 2.45) is 0 Å². The first-order valence-corrected chi connectivity index (χ1v) is 7.98. The van der Waals surface area contributed by atoms with Crippen LogP contribution < -0.4 is 5.32 Å². The van der Waals surface area contributed by atoms with E-state index >= 15 is 0 Å². The van der Waals surface area contributed by atoms with E-state index in [2.05, 4.69) is 22.4 Å². The van der Waals surface area contributed by atoms with Gasteiger partial charge in [-0.2, -0.15) is 0 Å². The average molecular weight is 311 g/mol. The van der Waals surface area contributed by atoms with E-state index in [4.69, 9.17) is 0 Å². The highest BCUT2D eigenvalue weighted by atomic mass is 32.2. The molecule has 0 radical (unpaired) electrons. The van der Waals surface area contributed by atoms with Gasteiger partial charge in [0.05, 0.1) is 6.42 Å². The lowest BCUT2D eigenvalue weighted by molar-refractivity contribution is -0.115. The fourth-order valence-electron chi connectivity index (χ4n) is 1.46. The summed E-state index contributed by atoms with van der Waals surface area (Å²) in [6.07, 6.45) is 1.26. The second-order valence-corrected chi connectivity index (χ2v) is 6.39. The number of carbonyl (C=O) groups is 1. The summed E-state index contributed by atoms with van der Waals surface area (Å²) in [5, 5.41) is 11.1. The van der Waals surface area contributed by atoms with Crippen LogP contribution in [0.2, 0.25) is 0 Å². The Hall–Kier alpha value is -1.47. The lowest BCUT2D eigenvalue weighted by atomic mass is 10.1. The number of hydrogen-bond donors (Lipinski definition) is 1. The minimum Gasteiger partial charge on any atom is -0.300 e. The average Bonchev–Trinajstić information content (AvgIpc) is 2.86. The molecule has 20 heavy (non-hydrogen) atoms. The van der Waals surface area contributed by atoms with E-state index in [0.717, 1.165) is 22.1 Å². The van der Waals surface area contributed by atoms with Gasteiger partial charge in [0.15, 0.2) is 4.34 Å². The second-order valence-electron chi connectivity index (χ2n) is 4.07. The van der Waals surface area contributed by atoms with E-state index in [1.807, 2.05) is 0 Å². The molecule has 0 atom stereocenters. The molecule has 4 nitrogen and oxygen atoms in total. The molecular weight excluding hydrogens is 297 g/mol. The smallest absolute Gasteiger partial charge is 0.230 e. The Morgan fingerprint density at radius 1 is 1.35 bits per heavy atom. The lowest BCUT2D eigenvalue weighted by Gasteiger charge is -2.01. The van der Waals surface area contributed by atoms with E-state index in [1.54, 1.807) is 23.9 Å². The fourth-order valence-corrected chi connectivity index (χ4v) is 3.15. The van der Waals surface area contributed by atoms with Crippen LogP contribution >= 0.6 is 23.1 Å². The highest BCUT2D eigenvalue weighted by molar-refractivity contribution is 8.01. The maximum Gasteiger partial charge on any atom is 0.230 e. The maximum atomic E-state index is 12.8. The van der Waals surface area contributed by atoms with E-state index in [-0.39, 0.29) is 18.1 Å². The van der Waals surface area contributed by atoms with Gasteiger partial charge in [-0.05, 0) is 24.1 Å². The van der Waals surface area contributed by atoms with Gasteiger partial charge >= 0.3 is 0 Å². The molecule has 2 aromatic rings. The van der Waals surface area contributed by atoms with Crippen LogP contribution in [-0.4, -0.2) is 21.9 Å². The van der Waals surface area contributed by atoms with Crippen molar-refractivity contribution in [2.75, 3.05) is 11.1 Å². The molecule has 1 N–H and O–H groups in total. The molecule has 0 unspecified atom stereocenters. The quantitative estimate of drug-likeness (QED) is 0.656. The standard InChI is InChI=1S/C13H14FN3OS2/c1-2-7-19-13-17-16-12(20-13)15-11(18)8-9-3-5-10(14)6-4-9/h3-6H,2,7-8H2,1H3,(H,15,16,18). The number of nitrogens with one attached hydrogen (secondary N) is 1. The van der Waals surface area contributed by atoms with E-state index in [1.165, 1.54) is 23.5 Å². The Labute approximate surface area is 124 Å². The summed E-state index contributed by atoms with van der Waals surface area (Å²) >= 11 is 2.99. The van der Waals surface area contributed by atoms with Gasteiger partial charge in [-0.3, -0.25) is 4.79 Å². The Kier molecular flexibility index (Phi) is 5.49. The zero-order valence-corrected chi connectivity index (χ0v) is 12.6. The molecule has 1 heterocycles. The number of thioether (sulfide) groups is 1. The number of rotatable bonds is 6. The molecule has 1 amide bonds. The molecule has 0 aliphatic carbocycles. The van der Waals surface area contributed by atoms with Crippen LogP contribution in [0.15, 0.2) is 28.6 Å². The van der Waals surface area contributed by atoms with Crippen molar-refractivity contribution < 1.29 is 9.18 Å². The first-order chi connectivity index (χ1) is 9.67. The van der Waals surface area contributed by atoms with Gasteiger partial charge in [0, 0.05) is 5.75 Å². The summed E-state index contributed by atoms with van der Waals surface area (Å²) in [5.74, 6) is 0.494. The minimum absolute atomic E-state index is 0.181. The van der Waals surface area contributed by atoms with Crippen molar-refractivity contribution in [3.63, 3.8) is 0 Å². The number of benzene rings is 1. The van der Waals surface area contributed by atoms with Crippen molar-refractivity contribution in [1.29, 1.82) is 0 Å². The van der Waals surface area contributed by atoms with Crippen LogP contribution in [0.25, 0.3) is 0 Å². The topological polar surface area (TPSA) is 54.9 Å². The molecule has 7 heteroatoms. The number of halogens is 1. The molecule has 0 aliphatic rings. The summed E-state index contributed by atoms with van der Waals surface area (Å²) < 4.78 is 13.6. The molecule has 0 spiro atoms. The molecule has 0 fully saturated rings. The number of hydrogen-bond acceptors (Lipinski definition) is 5. The van der Waals surface area contributed by atoms with Crippen molar-refractivity contribution in [1.82, 2.24) is 10.2 Å². The maximum absolute atomic E-state index is 12.8. The number of amides is 1. The van der Waals surface area contributed by atoms with Crippen molar-refractivity contribution >= 4 is 34.1 Å². The second kappa shape index (κ2) is 7.35. The van der Waals surface area contributed by atoms with Crippen LogP contribution in [0.4, 0.5) is 9.52 Å². The third-order valence-electron chi connectivity index (χ3n) is 2.36. The first-order valence-electron chi connectivity index (χ1n) is 6.18. The van der Waals surface area contributed by atoms with Crippen molar-refractivity contribution in [3.05, 3.63) is 35.6 Å². The Bertz CT molecular complexity index is 571. The van der Waals surface area contributed by atoms with Gasteiger partial charge in [0.1, 0.15) is 5.82 Å². The molecule has 0 bridgehead atoms. The molecular formula is C13H14FN3OS2. The first kappa shape index (κ1) is 14.9. The van der Waals surface area contributed by atoms with Crippen LogP contribution in [0.3, 0.4) is 0 Å². The van der Waals surface area contributed by atoms with E-state index in [9.17, 15) is 9.18 Å². The van der Waals surface area contributed by atoms with Gasteiger partial charge < -0.3 is 5.32 Å². The summed E-state index contributed by atoms with van der Waals surface area (Å²) in [6, 6.07) is 5.87. The van der Waals surface area contributed by atoms with Crippen LogP contribution in [0.5, 0.6) is 0 Å². The van der Waals surface area contributed by atoms with Gasteiger partial charge in [0.2, 0.25) is 11.0 Å². The largest absolute Gasteiger partial charge is 0.300 e. The minimum atomic E-state index is -0.309. The van der Waals surface area contributed by atoms with Gasteiger partial charge in [-0.25, -0.2) is 4.39 Å². The van der Waals surface area contributed by atoms with Gasteiger partial charge in [-0.1, -0.05) is 42.2 Å². The summed E-state index contributed by atoms with van der Waals surface area (Å²) in [7, 11) is 0.